The van der Waals surface area contributed by atoms with Crippen LogP contribution in [0.4, 0.5) is 15.5 Å². The minimum atomic E-state index is -3.30. The van der Waals surface area contributed by atoms with Crippen molar-refractivity contribution >= 4 is 37.6 Å². The van der Waals surface area contributed by atoms with E-state index in [2.05, 4.69) is 10.6 Å². The number of nitrogens with zero attached hydrogens (tertiary/aromatic N) is 1. The van der Waals surface area contributed by atoms with Crippen LogP contribution in [0.2, 0.25) is 18.6 Å². The summed E-state index contributed by atoms with van der Waals surface area (Å²) in [5, 5.41) is 16.0. The number of carbonyl (C=O) groups is 3. The number of fused-ring (bicyclic) bond motifs is 2. The predicted molar refractivity (Wildman–Crippen MR) is 149 cm³/mol. The number of aliphatic hydroxyl groups is 1. The topological polar surface area (TPSA) is 117 Å². The van der Waals surface area contributed by atoms with Crippen LogP contribution in [-0.2, 0) is 29.5 Å². The average Bonchev–Trinajstić information content (AvgIpc) is 3.33. The van der Waals surface area contributed by atoms with Gasteiger partial charge in [0.15, 0.2) is 5.60 Å². The lowest BCUT2D eigenvalue weighted by molar-refractivity contribution is -0.146. The zero-order valence-electron chi connectivity index (χ0n) is 23.4. The van der Waals surface area contributed by atoms with Crippen LogP contribution in [0.1, 0.15) is 51.0 Å². The lowest BCUT2D eigenvalue weighted by atomic mass is 9.82. The molecule has 3 aliphatic rings. The third-order valence-corrected chi connectivity index (χ3v) is 11.0. The van der Waals surface area contributed by atoms with Gasteiger partial charge in [0.05, 0.1) is 24.8 Å². The van der Waals surface area contributed by atoms with Crippen molar-refractivity contribution in [2.75, 3.05) is 43.6 Å². The van der Waals surface area contributed by atoms with Gasteiger partial charge in [-0.1, -0.05) is 6.92 Å². The molecule has 9 nitrogen and oxygen atoms in total. The molecule has 4 rings (SSSR count). The van der Waals surface area contributed by atoms with Crippen molar-refractivity contribution in [3.05, 3.63) is 23.8 Å². The van der Waals surface area contributed by atoms with E-state index in [-0.39, 0.29) is 43.2 Å². The lowest BCUT2D eigenvalue weighted by Crippen LogP contribution is -2.45. The Morgan fingerprint density at radius 1 is 1.33 bits per heavy atom. The van der Waals surface area contributed by atoms with Crippen LogP contribution in [0.25, 0.3) is 0 Å². The Labute approximate surface area is 231 Å². The first-order valence-electron chi connectivity index (χ1n) is 14.1. The molecule has 0 bridgehead atoms. The van der Waals surface area contributed by atoms with Crippen molar-refractivity contribution < 1.29 is 33.1 Å². The highest BCUT2D eigenvalue weighted by Gasteiger charge is 2.66. The number of unbranched alkanes of at least 4 members (excludes halogenated alkanes) is 1. The number of carbonyl (C=O) groups excluding carboxylic acids is 3. The molecule has 1 spiro atoms. The number of nitrogens with one attached hydrogen (secondary N) is 2. The Bertz CT molecular complexity index is 1080. The number of ether oxygens (including phenoxy) is 2. The summed E-state index contributed by atoms with van der Waals surface area (Å²) in [5.41, 5.74) is -0.0441. The van der Waals surface area contributed by atoms with Crippen LogP contribution in [0.5, 0.6) is 0 Å². The van der Waals surface area contributed by atoms with Crippen molar-refractivity contribution in [1.82, 2.24) is 5.32 Å². The molecule has 0 aromatic heterocycles. The molecule has 3 aliphatic heterocycles. The number of hydrogen-bond donors (Lipinski definition) is 3. The minimum Gasteiger partial charge on any atom is -0.469 e. The Kier molecular flexibility index (Phi) is 9.14. The molecule has 3 N–H and O–H groups in total. The molecule has 0 aliphatic carbocycles. The Morgan fingerprint density at radius 3 is 2.74 bits per heavy atom. The number of hydrogen-bond acceptors (Lipinski definition) is 7. The first-order chi connectivity index (χ1) is 18.5. The molecule has 216 valence electrons. The zero-order valence-corrected chi connectivity index (χ0v) is 24.4. The van der Waals surface area contributed by atoms with Crippen molar-refractivity contribution in [1.29, 1.82) is 0 Å². The summed E-state index contributed by atoms with van der Waals surface area (Å²) in [7, 11) is -1.95. The third kappa shape index (κ3) is 5.77. The summed E-state index contributed by atoms with van der Waals surface area (Å²) in [6.07, 6.45) is 2.78. The van der Waals surface area contributed by atoms with Gasteiger partial charge in [0, 0.05) is 48.8 Å². The summed E-state index contributed by atoms with van der Waals surface area (Å²) in [6.45, 7) is 6.85. The number of piperidine rings is 1. The van der Waals surface area contributed by atoms with Gasteiger partial charge < -0.3 is 34.2 Å². The number of amides is 2. The molecule has 2 fully saturated rings. The van der Waals surface area contributed by atoms with Gasteiger partial charge in [-0.15, -0.1) is 0 Å². The smallest absolute Gasteiger partial charge is 0.305 e. The summed E-state index contributed by atoms with van der Waals surface area (Å²) < 4.78 is 27.0. The van der Waals surface area contributed by atoms with Crippen LogP contribution >= 0.6 is 0 Å². The van der Waals surface area contributed by atoms with Gasteiger partial charge in [-0.05, 0) is 69.9 Å². The number of anilines is 2. The summed E-state index contributed by atoms with van der Waals surface area (Å²) in [6, 6.07) is 5.41. The minimum absolute atomic E-state index is 0.0751. The molecule has 5 atom stereocenters. The average molecular weight is 564 g/mol. The predicted octanol–water partition coefficient (Wildman–Crippen LogP) is 3.47. The quantitative estimate of drug-likeness (QED) is 0.173. The SMILES string of the molecule is COC(=O)CCCCN1C(=O)[C@]2(O[C@H](CCO)[C@@H]([Si](C)(C)F)[C@@H]2C)c2cc(NC(=O)C3CCCNC3)ccc21. The monoisotopic (exact) mass is 563 g/mol. The highest BCUT2D eigenvalue weighted by molar-refractivity contribution is 6.72. The molecule has 1 aromatic rings. The fourth-order valence-electron chi connectivity index (χ4n) is 6.71. The van der Waals surface area contributed by atoms with Crippen LogP contribution < -0.4 is 15.5 Å². The van der Waals surface area contributed by atoms with Crippen LogP contribution in [0, 0.1) is 11.8 Å². The van der Waals surface area contributed by atoms with Gasteiger partial charge in [0.1, 0.15) is 0 Å². The molecular formula is C28H42FN3O6Si. The van der Waals surface area contributed by atoms with Crippen molar-refractivity contribution in [3.8, 4) is 0 Å². The molecule has 2 amide bonds. The fraction of sp³-hybridized carbons (Fsp3) is 0.679. The van der Waals surface area contributed by atoms with E-state index >= 15 is 4.11 Å². The fourth-order valence-corrected chi connectivity index (χ4v) is 9.25. The molecule has 1 unspecified atom stereocenters. The largest absolute Gasteiger partial charge is 0.469 e. The lowest BCUT2D eigenvalue weighted by Gasteiger charge is -2.31. The molecule has 11 heteroatoms. The summed E-state index contributed by atoms with van der Waals surface area (Å²) in [4.78, 5) is 40.5. The molecule has 1 aromatic carbocycles. The van der Waals surface area contributed by atoms with E-state index in [0.29, 0.717) is 42.9 Å². The highest BCUT2D eigenvalue weighted by atomic mass is 28.4. The Hall–Kier alpha value is -2.34. The second-order valence-corrected chi connectivity index (χ2v) is 15.3. The number of rotatable bonds is 10. The van der Waals surface area contributed by atoms with Gasteiger partial charge in [-0.2, -0.15) is 0 Å². The van der Waals surface area contributed by atoms with Gasteiger partial charge >= 0.3 is 5.97 Å². The number of esters is 1. The van der Waals surface area contributed by atoms with E-state index in [1.54, 1.807) is 30.1 Å². The number of aliphatic hydroxyl groups excluding tert-OH is 1. The second kappa shape index (κ2) is 12.0. The van der Waals surface area contributed by atoms with Crippen molar-refractivity contribution in [2.45, 2.75) is 75.8 Å². The zero-order chi connectivity index (χ0) is 28.4. The van der Waals surface area contributed by atoms with Crippen LogP contribution in [-0.4, -0.2) is 70.8 Å². The Balaban J connectivity index is 1.68. The molecule has 2 saturated heterocycles. The summed E-state index contributed by atoms with van der Waals surface area (Å²) >= 11 is 0. The maximum absolute atomic E-state index is 15.7. The molecule has 0 saturated carbocycles. The molecule has 0 radical (unpaired) electrons. The van der Waals surface area contributed by atoms with E-state index in [0.717, 1.165) is 19.4 Å². The maximum Gasteiger partial charge on any atom is 0.305 e. The van der Waals surface area contributed by atoms with E-state index in [1.807, 2.05) is 13.0 Å². The van der Waals surface area contributed by atoms with Gasteiger partial charge in [0.25, 0.3) is 5.91 Å². The second-order valence-electron chi connectivity index (χ2n) is 11.5. The number of halogens is 1. The van der Waals surface area contributed by atoms with E-state index < -0.39 is 31.6 Å². The summed E-state index contributed by atoms with van der Waals surface area (Å²) in [5.74, 6) is -1.24. The standard InChI is InChI=1S/C28H42FN3O6Si/c1-18-25(39(3,4)29)23(12-15-33)38-28(18)21-16-20(31-26(35)19-8-7-13-30-17-19)10-11-22(21)32(27(28)36)14-6-5-9-24(34)37-2/h10-11,16,18-19,23,25,30,33H,5-9,12-15,17H2,1-4H3,(H,31,35)/t18-,19?,23+,25-,28+/m0/s1. The number of benzene rings is 1. The first-order valence-corrected chi connectivity index (χ1v) is 17.0. The molecular weight excluding hydrogens is 521 g/mol. The van der Waals surface area contributed by atoms with Gasteiger partial charge in [0.2, 0.25) is 14.3 Å². The van der Waals surface area contributed by atoms with Gasteiger partial charge in [-0.25, -0.2) is 0 Å². The highest BCUT2D eigenvalue weighted by Crippen LogP contribution is 2.60. The van der Waals surface area contributed by atoms with E-state index in [1.165, 1.54) is 7.11 Å². The third-order valence-electron chi connectivity index (χ3n) is 8.55. The maximum atomic E-state index is 15.7. The molecule has 39 heavy (non-hydrogen) atoms. The first kappa shape index (κ1) is 29.6. The van der Waals surface area contributed by atoms with E-state index in [9.17, 15) is 19.5 Å². The molecule has 3 heterocycles. The van der Waals surface area contributed by atoms with Crippen LogP contribution in [0.3, 0.4) is 0 Å². The van der Waals surface area contributed by atoms with Gasteiger partial charge in [-0.3, -0.25) is 14.4 Å². The van der Waals surface area contributed by atoms with Crippen molar-refractivity contribution in [3.63, 3.8) is 0 Å². The van der Waals surface area contributed by atoms with E-state index in [4.69, 9.17) is 9.47 Å². The normalized spacial score (nSPS) is 28.6. The van der Waals surface area contributed by atoms with Crippen LogP contribution in [0.15, 0.2) is 18.2 Å². The van der Waals surface area contributed by atoms with Crippen molar-refractivity contribution in [2.24, 2.45) is 11.8 Å². The number of methoxy groups -OCH3 is 1. The Morgan fingerprint density at radius 2 is 2.10 bits per heavy atom.